The van der Waals surface area contributed by atoms with E-state index in [2.05, 4.69) is 16.4 Å². The maximum Gasteiger partial charge on any atom is 0.326 e. The minimum absolute atomic E-state index is 0.104. The first-order valence-electron chi connectivity index (χ1n) is 19.1. The predicted octanol–water partition coefficient (Wildman–Crippen LogP) is 8.76. The summed E-state index contributed by atoms with van der Waals surface area (Å²) in [6.07, 6.45) is 1.80. The van der Waals surface area contributed by atoms with Gasteiger partial charge in [0.25, 0.3) is 0 Å². The molecule has 3 heterocycles. The van der Waals surface area contributed by atoms with E-state index in [0.717, 1.165) is 44.6 Å². The number of nitrogens with zero attached hydrogens (tertiary/aromatic N) is 3. The van der Waals surface area contributed by atoms with Gasteiger partial charge in [0.15, 0.2) is 17.6 Å². The summed E-state index contributed by atoms with van der Waals surface area (Å²) in [6, 6.07) is 37.8. The first-order valence-corrected chi connectivity index (χ1v) is 19.8. The quantitative estimate of drug-likeness (QED) is 0.124. The Bertz CT molecular complexity index is 2510. The monoisotopic (exact) mass is 824 g/mol. The maximum atomic E-state index is 14.1. The van der Waals surface area contributed by atoms with E-state index >= 15 is 0 Å². The zero-order valence-corrected chi connectivity index (χ0v) is 33.2. The average Bonchev–Trinajstić information content (AvgIpc) is 3.26. The number of carboxylic acid groups (broad SMARTS) is 1. The molecule has 0 bridgehead atoms. The van der Waals surface area contributed by atoms with Crippen LogP contribution in [-0.4, -0.2) is 45.6 Å². The number of aliphatic carboxylic acids is 1. The number of aromatic nitrogens is 1. The van der Waals surface area contributed by atoms with E-state index < -0.39 is 18.1 Å². The van der Waals surface area contributed by atoms with Crippen LogP contribution in [0.1, 0.15) is 45.2 Å². The summed E-state index contributed by atoms with van der Waals surface area (Å²) < 4.78 is 18.7. The molecule has 12 heteroatoms. The summed E-state index contributed by atoms with van der Waals surface area (Å²) in [5.41, 5.74) is 7.74. The molecule has 1 amide bonds. The Balaban J connectivity index is 0.955. The Hall–Kier alpha value is -6.38. The van der Waals surface area contributed by atoms with Gasteiger partial charge in [0, 0.05) is 25.7 Å². The molecule has 10 nitrogen and oxygen atoms in total. The first kappa shape index (κ1) is 39.4. The van der Waals surface area contributed by atoms with Gasteiger partial charge in [-0.3, -0.25) is 14.7 Å². The van der Waals surface area contributed by atoms with Gasteiger partial charge in [-0.05, 0) is 106 Å². The van der Waals surface area contributed by atoms with Crippen LogP contribution in [0.4, 0.5) is 0 Å². The first-order chi connectivity index (χ1) is 28.7. The Morgan fingerprint density at radius 1 is 0.881 bits per heavy atom. The second-order valence-electron chi connectivity index (χ2n) is 14.5. The third-order valence-corrected chi connectivity index (χ3v) is 11.3. The molecule has 5 aromatic carbocycles. The molecule has 3 unspecified atom stereocenters. The van der Waals surface area contributed by atoms with Crippen LogP contribution in [0.5, 0.6) is 17.2 Å². The Labute approximate surface area is 351 Å². The van der Waals surface area contributed by atoms with Crippen LogP contribution in [0.3, 0.4) is 0 Å². The smallest absolute Gasteiger partial charge is 0.326 e. The highest BCUT2D eigenvalue weighted by Gasteiger charge is 2.36. The predicted molar refractivity (Wildman–Crippen MR) is 223 cm³/mol. The Morgan fingerprint density at radius 3 is 2.31 bits per heavy atom. The van der Waals surface area contributed by atoms with Gasteiger partial charge in [0.05, 0.1) is 33.4 Å². The number of hydrogen-bond acceptors (Lipinski definition) is 8. The molecule has 6 aromatic rings. The van der Waals surface area contributed by atoms with Gasteiger partial charge in [-0.2, -0.15) is 5.26 Å². The van der Waals surface area contributed by atoms with Gasteiger partial charge in [-0.15, -0.1) is 0 Å². The van der Waals surface area contributed by atoms with Crippen molar-refractivity contribution in [1.82, 2.24) is 15.2 Å². The fraction of sp³-hybridized carbons (Fsp3) is 0.191. The second kappa shape index (κ2) is 17.6. The molecule has 0 fully saturated rings. The molecule has 0 saturated carbocycles. The standard InChI is InChI=1S/C47H38Cl2N4O6/c48-39-17-8-31(19-40(39)49)27-57-38-15-13-34(14-16-38)45-28-58-43-22-35-21-42(53(25-36(35)23-44(43)59-45)26-37-3-1-2-18-51-37)46(54)52-41(47(55)56)20-29-4-9-32(10-5-29)33-11-6-30(24-50)7-12-33/h1-19,22-23,41-42,45H,20-21,25-28H2,(H,52,54)(H,55,56). The minimum atomic E-state index is -1.15. The molecule has 296 valence electrons. The van der Waals surface area contributed by atoms with Gasteiger partial charge < -0.3 is 24.6 Å². The normalized spacial score (nSPS) is 16.3. The number of pyridine rings is 1. The van der Waals surface area contributed by atoms with Crippen LogP contribution < -0.4 is 19.5 Å². The SMILES string of the molecule is N#Cc1ccc(-c2ccc(CC(NC(=O)C3Cc4cc5c(cc4CN3Cc3ccccn3)OC(c3ccc(OCc4ccc(Cl)c(Cl)c4)cc3)CO5)C(=O)O)cc2)cc1. The summed E-state index contributed by atoms with van der Waals surface area (Å²) >= 11 is 12.2. The second-order valence-corrected chi connectivity index (χ2v) is 15.3. The minimum Gasteiger partial charge on any atom is -0.489 e. The van der Waals surface area contributed by atoms with Crippen molar-refractivity contribution in [3.63, 3.8) is 0 Å². The van der Waals surface area contributed by atoms with Crippen molar-refractivity contribution in [3.8, 4) is 34.4 Å². The van der Waals surface area contributed by atoms with Crippen molar-refractivity contribution in [1.29, 1.82) is 5.26 Å². The summed E-state index contributed by atoms with van der Waals surface area (Å²) in [5, 5.41) is 23.2. The van der Waals surface area contributed by atoms with E-state index in [1.165, 1.54) is 0 Å². The Morgan fingerprint density at radius 2 is 1.61 bits per heavy atom. The lowest BCUT2D eigenvalue weighted by molar-refractivity contribution is -0.142. The lowest BCUT2D eigenvalue weighted by Crippen LogP contribution is -2.54. The van der Waals surface area contributed by atoms with Crippen LogP contribution in [0.25, 0.3) is 11.1 Å². The summed E-state index contributed by atoms with van der Waals surface area (Å²) in [5.74, 6) is 0.389. The van der Waals surface area contributed by atoms with Crippen LogP contribution in [-0.2, 0) is 42.1 Å². The van der Waals surface area contributed by atoms with Crippen LogP contribution >= 0.6 is 23.2 Å². The van der Waals surface area contributed by atoms with E-state index in [1.54, 1.807) is 30.5 Å². The number of rotatable bonds is 12. The van der Waals surface area contributed by atoms with E-state index in [9.17, 15) is 14.7 Å². The molecule has 0 radical (unpaired) electrons. The van der Waals surface area contributed by atoms with Crippen molar-refractivity contribution in [2.45, 2.75) is 50.7 Å². The van der Waals surface area contributed by atoms with Gasteiger partial charge in [0.2, 0.25) is 5.91 Å². The molecule has 3 atom stereocenters. The number of halogens is 2. The van der Waals surface area contributed by atoms with E-state index in [0.29, 0.717) is 65.6 Å². The van der Waals surface area contributed by atoms with Crippen LogP contribution in [0.2, 0.25) is 10.0 Å². The van der Waals surface area contributed by atoms with Gasteiger partial charge >= 0.3 is 5.97 Å². The van der Waals surface area contributed by atoms with Crippen molar-refractivity contribution >= 4 is 35.1 Å². The highest BCUT2D eigenvalue weighted by atomic mass is 35.5. The zero-order chi connectivity index (χ0) is 40.9. The molecule has 2 aliphatic heterocycles. The molecule has 0 aliphatic carbocycles. The van der Waals surface area contributed by atoms with Gasteiger partial charge in [-0.1, -0.05) is 83.9 Å². The zero-order valence-electron chi connectivity index (χ0n) is 31.7. The summed E-state index contributed by atoms with van der Waals surface area (Å²) in [7, 11) is 0. The molecule has 1 aromatic heterocycles. The molecule has 0 saturated heterocycles. The molecule has 59 heavy (non-hydrogen) atoms. The number of carboxylic acids is 1. The van der Waals surface area contributed by atoms with Crippen molar-refractivity contribution in [2.75, 3.05) is 6.61 Å². The molecule has 2 N–H and O–H groups in total. The van der Waals surface area contributed by atoms with Gasteiger partial charge in [-0.25, -0.2) is 4.79 Å². The third-order valence-electron chi connectivity index (χ3n) is 10.5. The average molecular weight is 826 g/mol. The van der Waals surface area contributed by atoms with Crippen molar-refractivity contribution in [3.05, 3.63) is 177 Å². The highest BCUT2D eigenvalue weighted by molar-refractivity contribution is 6.42. The summed E-state index contributed by atoms with van der Waals surface area (Å²) in [4.78, 5) is 33.2. The molecule has 0 spiro atoms. The van der Waals surface area contributed by atoms with Crippen LogP contribution in [0.15, 0.2) is 128 Å². The van der Waals surface area contributed by atoms with E-state index in [4.69, 9.17) is 42.7 Å². The topological polar surface area (TPSA) is 134 Å². The number of nitriles is 1. The molecular weight excluding hydrogens is 787 g/mol. The van der Waals surface area contributed by atoms with E-state index in [1.807, 2.05) is 102 Å². The molecular formula is C47H38Cl2N4O6. The number of ether oxygens (including phenoxy) is 3. The fourth-order valence-electron chi connectivity index (χ4n) is 7.34. The Kier molecular flexibility index (Phi) is 11.8. The number of fused-ring (bicyclic) bond motifs is 2. The number of carbonyl (C=O) groups excluding carboxylic acids is 1. The molecule has 2 aliphatic rings. The number of hydrogen-bond donors (Lipinski definition) is 2. The number of amides is 1. The third kappa shape index (κ3) is 9.35. The maximum absolute atomic E-state index is 14.1. The number of nitrogens with one attached hydrogen (secondary N) is 1. The van der Waals surface area contributed by atoms with Crippen molar-refractivity contribution < 1.29 is 28.9 Å². The lowest BCUT2D eigenvalue weighted by Gasteiger charge is -2.37. The van der Waals surface area contributed by atoms with E-state index in [-0.39, 0.29) is 18.4 Å². The number of carbonyl (C=O) groups is 2. The number of benzene rings is 5. The highest BCUT2D eigenvalue weighted by Crippen LogP contribution is 2.41. The fourth-order valence-corrected chi connectivity index (χ4v) is 7.66. The lowest BCUT2D eigenvalue weighted by atomic mass is 9.92. The van der Waals surface area contributed by atoms with Crippen molar-refractivity contribution in [2.24, 2.45) is 0 Å². The largest absolute Gasteiger partial charge is 0.489 e. The summed E-state index contributed by atoms with van der Waals surface area (Å²) in [6.45, 7) is 1.42. The molecule has 8 rings (SSSR count). The van der Waals surface area contributed by atoms with Crippen LogP contribution in [0, 0.1) is 11.3 Å². The van der Waals surface area contributed by atoms with Gasteiger partial charge in [0.1, 0.15) is 25.0 Å².